The SMILES string of the molecule is CC(Cn1cc(C#N)c(=O)[nH]c1=O)C(C)(C)C. The van der Waals surface area contributed by atoms with E-state index in [-0.39, 0.29) is 16.9 Å². The van der Waals surface area contributed by atoms with Crippen molar-refractivity contribution in [2.45, 2.75) is 34.2 Å². The molecular formula is C12H17N3O2. The number of hydrogen-bond acceptors (Lipinski definition) is 3. The molecule has 1 aromatic rings. The van der Waals surface area contributed by atoms with E-state index in [0.29, 0.717) is 6.54 Å². The third-order valence-corrected chi connectivity index (χ3v) is 3.08. The van der Waals surface area contributed by atoms with E-state index in [1.807, 2.05) is 6.92 Å². The summed E-state index contributed by atoms with van der Waals surface area (Å²) >= 11 is 0. The van der Waals surface area contributed by atoms with Crippen LogP contribution in [0.15, 0.2) is 15.8 Å². The summed E-state index contributed by atoms with van der Waals surface area (Å²) < 4.78 is 1.38. The average molecular weight is 235 g/mol. The van der Waals surface area contributed by atoms with Crippen LogP contribution in [-0.2, 0) is 6.54 Å². The Morgan fingerprint density at radius 2 is 2.06 bits per heavy atom. The van der Waals surface area contributed by atoms with E-state index < -0.39 is 11.2 Å². The molecule has 0 aliphatic heterocycles. The first-order valence-corrected chi connectivity index (χ1v) is 5.49. The van der Waals surface area contributed by atoms with E-state index >= 15 is 0 Å². The van der Waals surface area contributed by atoms with E-state index in [0.717, 1.165) is 0 Å². The van der Waals surface area contributed by atoms with E-state index in [9.17, 15) is 9.59 Å². The lowest BCUT2D eigenvalue weighted by molar-refractivity contribution is 0.229. The summed E-state index contributed by atoms with van der Waals surface area (Å²) in [5.41, 5.74) is -1.07. The molecule has 0 spiro atoms. The normalized spacial score (nSPS) is 13.1. The predicted octanol–water partition coefficient (Wildman–Crippen LogP) is 1.09. The Bertz CT molecular complexity index is 555. The molecule has 1 heterocycles. The zero-order chi connectivity index (χ0) is 13.2. The fourth-order valence-corrected chi connectivity index (χ4v) is 1.29. The number of hydrogen-bond donors (Lipinski definition) is 1. The molecule has 0 saturated heterocycles. The van der Waals surface area contributed by atoms with Gasteiger partial charge in [0.1, 0.15) is 11.6 Å². The minimum Gasteiger partial charge on any atom is -0.299 e. The van der Waals surface area contributed by atoms with Crippen molar-refractivity contribution in [1.29, 1.82) is 5.26 Å². The van der Waals surface area contributed by atoms with Crippen LogP contribution < -0.4 is 11.2 Å². The van der Waals surface area contributed by atoms with Crippen molar-refractivity contribution >= 4 is 0 Å². The first-order valence-electron chi connectivity index (χ1n) is 5.49. The molecule has 1 unspecified atom stereocenters. The van der Waals surface area contributed by atoms with Crippen LogP contribution in [0.1, 0.15) is 33.3 Å². The van der Waals surface area contributed by atoms with Gasteiger partial charge < -0.3 is 0 Å². The third-order valence-electron chi connectivity index (χ3n) is 3.08. The maximum absolute atomic E-state index is 11.6. The summed E-state index contributed by atoms with van der Waals surface area (Å²) in [6.45, 7) is 8.76. The van der Waals surface area contributed by atoms with Gasteiger partial charge in [0, 0.05) is 12.7 Å². The monoisotopic (exact) mass is 235 g/mol. The van der Waals surface area contributed by atoms with Crippen molar-refractivity contribution in [1.82, 2.24) is 9.55 Å². The van der Waals surface area contributed by atoms with Crippen LogP contribution in [0, 0.1) is 22.7 Å². The standard InChI is InChI=1S/C12H17N3O2/c1-8(12(2,3)4)6-15-7-9(5-13)10(16)14-11(15)17/h7-8H,6H2,1-4H3,(H,14,16,17). The van der Waals surface area contributed by atoms with Crippen LogP contribution in [0.4, 0.5) is 0 Å². The van der Waals surface area contributed by atoms with Crippen molar-refractivity contribution in [2.75, 3.05) is 0 Å². The van der Waals surface area contributed by atoms with Gasteiger partial charge in [-0.1, -0.05) is 27.7 Å². The Kier molecular flexibility index (Phi) is 3.56. The van der Waals surface area contributed by atoms with Crippen LogP contribution in [0.25, 0.3) is 0 Å². The van der Waals surface area contributed by atoms with E-state index in [2.05, 4.69) is 25.8 Å². The van der Waals surface area contributed by atoms with E-state index in [1.165, 1.54) is 10.8 Å². The molecule has 0 aliphatic rings. The van der Waals surface area contributed by atoms with Gasteiger partial charge in [-0.3, -0.25) is 14.3 Å². The van der Waals surface area contributed by atoms with Crippen molar-refractivity contribution < 1.29 is 0 Å². The lowest BCUT2D eigenvalue weighted by Gasteiger charge is -2.27. The van der Waals surface area contributed by atoms with Crippen LogP contribution in [0.5, 0.6) is 0 Å². The Hall–Kier alpha value is -1.83. The molecule has 0 bridgehead atoms. The minimum atomic E-state index is -0.628. The summed E-state index contributed by atoms with van der Waals surface area (Å²) in [5, 5.41) is 8.74. The van der Waals surface area contributed by atoms with Crippen LogP contribution in [0.2, 0.25) is 0 Å². The van der Waals surface area contributed by atoms with Gasteiger partial charge in [0.05, 0.1) is 0 Å². The predicted molar refractivity (Wildman–Crippen MR) is 64.7 cm³/mol. The highest BCUT2D eigenvalue weighted by molar-refractivity contribution is 5.21. The molecule has 1 atom stereocenters. The summed E-state index contributed by atoms with van der Waals surface area (Å²) in [7, 11) is 0. The van der Waals surface area contributed by atoms with E-state index in [1.54, 1.807) is 6.07 Å². The third kappa shape index (κ3) is 3.06. The Morgan fingerprint density at radius 1 is 1.47 bits per heavy atom. The number of aromatic amines is 1. The second kappa shape index (κ2) is 4.58. The van der Waals surface area contributed by atoms with Gasteiger partial charge in [-0.15, -0.1) is 0 Å². The zero-order valence-corrected chi connectivity index (χ0v) is 10.6. The first kappa shape index (κ1) is 13.2. The minimum absolute atomic E-state index is 0.0364. The van der Waals surface area contributed by atoms with Crippen molar-refractivity contribution in [2.24, 2.45) is 11.3 Å². The molecule has 0 radical (unpaired) electrons. The smallest absolute Gasteiger partial charge is 0.299 e. The summed E-state index contributed by atoms with van der Waals surface area (Å²) in [6.07, 6.45) is 1.32. The number of rotatable bonds is 2. The van der Waals surface area contributed by atoms with Crippen molar-refractivity contribution in [3.05, 3.63) is 32.6 Å². The molecule has 5 nitrogen and oxygen atoms in total. The second-order valence-electron chi connectivity index (χ2n) is 5.33. The average Bonchev–Trinajstić information content (AvgIpc) is 2.20. The number of H-pyrrole nitrogens is 1. The Labute approximate surface area is 99.7 Å². The topological polar surface area (TPSA) is 78.7 Å². The quantitative estimate of drug-likeness (QED) is 0.833. The molecule has 0 fully saturated rings. The Balaban J connectivity index is 3.13. The van der Waals surface area contributed by atoms with Gasteiger partial charge in [0.15, 0.2) is 0 Å². The Morgan fingerprint density at radius 3 is 2.53 bits per heavy atom. The van der Waals surface area contributed by atoms with Crippen molar-refractivity contribution in [3.63, 3.8) is 0 Å². The maximum Gasteiger partial charge on any atom is 0.328 e. The van der Waals surface area contributed by atoms with Gasteiger partial charge >= 0.3 is 5.69 Å². The van der Waals surface area contributed by atoms with Crippen LogP contribution in [-0.4, -0.2) is 9.55 Å². The molecule has 0 aromatic carbocycles. The molecule has 0 saturated carbocycles. The molecule has 1 rings (SSSR count). The number of nitrogens with zero attached hydrogens (tertiary/aromatic N) is 2. The lowest BCUT2D eigenvalue weighted by Crippen LogP contribution is -2.34. The fraction of sp³-hybridized carbons (Fsp3) is 0.583. The molecule has 0 amide bonds. The zero-order valence-electron chi connectivity index (χ0n) is 10.6. The van der Waals surface area contributed by atoms with Gasteiger partial charge in [0.25, 0.3) is 5.56 Å². The number of nitriles is 1. The number of nitrogens with one attached hydrogen (secondary N) is 1. The highest BCUT2D eigenvalue weighted by Crippen LogP contribution is 2.26. The molecule has 1 N–H and O–H groups in total. The number of aromatic nitrogens is 2. The summed E-state index contributed by atoms with van der Waals surface area (Å²) in [4.78, 5) is 24.9. The molecule has 0 aliphatic carbocycles. The first-order chi connectivity index (χ1) is 7.75. The van der Waals surface area contributed by atoms with Crippen LogP contribution >= 0.6 is 0 Å². The molecule has 1 aromatic heterocycles. The fourth-order valence-electron chi connectivity index (χ4n) is 1.29. The van der Waals surface area contributed by atoms with E-state index in [4.69, 9.17) is 5.26 Å². The highest BCUT2D eigenvalue weighted by Gasteiger charge is 2.21. The second-order valence-corrected chi connectivity index (χ2v) is 5.33. The highest BCUT2D eigenvalue weighted by atomic mass is 16.2. The van der Waals surface area contributed by atoms with Gasteiger partial charge in [-0.05, 0) is 11.3 Å². The lowest BCUT2D eigenvalue weighted by atomic mass is 9.82. The van der Waals surface area contributed by atoms with Gasteiger partial charge in [-0.2, -0.15) is 5.26 Å². The molecule has 5 heteroatoms. The van der Waals surface area contributed by atoms with Crippen LogP contribution in [0.3, 0.4) is 0 Å². The molecular weight excluding hydrogens is 218 g/mol. The van der Waals surface area contributed by atoms with Gasteiger partial charge in [-0.25, -0.2) is 4.79 Å². The van der Waals surface area contributed by atoms with Crippen molar-refractivity contribution in [3.8, 4) is 6.07 Å². The largest absolute Gasteiger partial charge is 0.328 e. The summed E-state index contributed by atoms with van der Waals surface area (Å²) in [5.74, 6) is 0.248. The molecule has 92 valence electrons. The maximum atomic E-state index is 11.6. The van der Waals surface area contributed by atoms with Gasteiger partial charge in [0.2, 0.25) is 0 Å². The summed E-state index contributed by atoms with van der Waals surface area (Å²) in [6, 6.07) is 1.77. The molecule has 17 heavy (non-hydrogen) atoms.